The van der Waals surface area contributed by atoms with Crippen LogP contribution in [0.1, 0.15) is 26.3 Å². The van der Waals surface area contributed by atoms with Crippen LogP contribution in [0.25, 0.3) is 0 Å². The zero-order valence-electron chi connectivity index (χ0n) is 9.21. The van der Waals surface area contributed by atoms with E-state index in [2.05, 4.69) is 37.7 Å². The van der Waals surface area contributed by atoms with Gasteiger partial charge in [-0.15, -0.1) is 0 Å². The van der Waals surface area contributed by atoms with Gasteiger partial charge >= 0.3 is 0 Å². The van der Waals surface area contributed by atoms with Crippen molar-refractivity contribution in [2.45, 2.75) is 32.9 Å². The second-order valence-corrected chi connectivity index (χ2v) is 4.84. The van der Waals surface area contributed by atoms with E-state index in [1.807, 2.05) is 12.1 Å². The van der Waals surface area contributed by atoms with Gasteiger partial charge in [0.05, 0.1) is 0 Å². The van der Waals surface area contributed by atoms with E-state index in [0.717, 1.165) is 12.1 Å². The lowest BCUT2D eigenvalue weighted by atomic mass is 10.1. The van der Waals surface area contributed by atoms with Crippen LogP contribution in [-0.2, 0) is 6.54 Å². The monoisotopic (exact) mass is 212 g/mol. The van der Waals surface area contributed by atoms with Crippen LogP contribution in [0.15, 0.2) is 18.3 Å². The minimum atomic E-state index is 0.152. The third-order valence-corrected chi connectivity index (χ3v) is 2.73. The van der Waals surface area contributed by atoms with Crippen molar-refractivity contribution in [3.63, 3.8) is 0 Å². The summed E-state index contributed by atoms with van der Waals surface area (Å²) in [7, 11) is 2.09. The van der Waals surface area contributed by atoms with E-state index in [1.54, 1.807) is 6.20 Å². The molecule has 0 bridgehead atoms. The van der Waals surface area contributed by atoms with Gasteiger partial charge in [0.25, 0.3) is 0 Å². The zero-order valence-corrected chi connectivity index (χ0v) is 9.97. The molecule has 1 rings (SSSR count). The lowest BCUT2D eigenvalue weighted by molar-refractivity contribution is 0.167. The Kier molecular flexibility index (Phi) is 3.51. The highest BCUT2D eigenvalue weighted by Gasteiger charge is 2.17. The molecule has 0 amide bonds. The summed E-state index contributed by atoms with van der Waals surface area (Å²) in [5.41, 5.74) is 1.23. The SMILES string of the molecule is CN(Cc1cccnc1Cl)C(C)(C)C. The number of halogens is 1. The van der Waals surface area contributed by atoms with Crippen molar-refractivity contribution >= 4 is 11.6 Å². The molecule has 0 aliphatic carbocycles. The first kappa shape index (κ1) is 11.5. The normalized spacial score (nSPS) is 12.1. The van der Waals surface area contributed by atoms with Gasteiger partial charge in [0.1, 0.15) is 5.15 Å². The molecule has 0 N–H and O–H groups in total. The van der Waals surface area contributed by atoms with Gasteiger partial charge in [-0.2, -0.15) is 0 Å². The molecule has 78 valence electrons. The van der Waals surface area contributed by atoms with Gasteiger partial charge in [0.2, 0.25) is 0 Å². The molecule has 0 fully saturated rings. The van der Waals surface area contributed by atoms with Crippen molar-refractivity contribution in [3.8, 4) is 0 Å². The molecule has 0 atom stereocenters. The Labute approximate surface area is 90.9 Å². The maximum Gasteiger partial charge on any atom is 0.133 e. The summed E-state index contributed by atoms with van der Waals surface area (Å²) in [5.74, 6) is 0. The number of nitrogens with zero attached hydrogens (tertiary/aromatic N) is 2. The van der Waals surface area contributed by atoms with Crippen LogP contribution in [0.3, 0.4) is 0 Å². The predicted octanol–water partition coefficient (Wildman–Crippen LogP) is 2.97. The Morgan fingerprint density at radius 2 is 2.07 bits per heavy atom. The molecule has 1 aromatic rings. The minimum Gasteiger partial charge on any atom is -0.297 e. The van der Waals surface area contributed by atoms with Crippen LogP contribution in [0.5, 0.6) is 0 Å². The van der Waals surface area contributed by atoms with Crippen LogP contribution in [0.4, 0.5) is 0 Å². The summed E-state index contributed by atoms with van der Waals surface area (Å²) in [4.78, 5) is 6.30. The summed E-state index contributed by atoms with van der Waals surface area (Å²) >= 11 is 5.98. The van der Waals surface area contributed by atoms with Gasteiger partial charge in [-0.3, -0.25) is 4.90 Å². The second kappa shape index (κ2) is 4.28. The molecule has 0 aliphatic heterocycles. The molecule has 0 saturated carbocycles. The molecule has 0 radical (unpaired) electrons. The Hall–Kier alpha value is -0.600. The molecule has 0 unspecified atom stereocenters. The first-order valence-electron chi connectivity index (χ1n) is 4.72. The fraction of sp³-hybridized carbons (Fsp3) is 0.545. The van der Waals surface area contributed by atoms with Crippen molar-refractivity contribution in [2.75, 3.05) is 7.05 Å². The highest BCUT2D eigenvalue weighted by atomic mass is 35.5. The van der Waals surface area contributed by atoms with Gasteiger partial charge in [-0.1, -0.05) is 17.7 Å². The maximum absolute atomic E-state index is 5.98. The van der Waals surface area contributed by atoms with Gasteiger partial charge in [-0.25, -0.2) is 4.98 Å². The Balaban J connectivity index is 2.75. The maximum atomic E-state index is 5.98. The van der Waals surface area contributed by atoms with Crippen molar-refractivity contribution in [1.29, 1.82) is 0 Å². The van der Waals surface area contributed by atoms with Gasteiger partial charge in [-0.05, 0) is 33.9 Å². The first-order valence-corrected chi connectivity index (χ1v) is 5.09. The predicted molar refractivity (Wildman–Crippen MR) is 60.5 cm³/mol. The Morgan fingerprint density at radius 1 is 1.43 bits per heavy atom. The lowest BCUT2D eigenvalue weighted by Crippen LogP contribution is -2.37. The van der Waals surface area contributed by atoms with Crippen molar-refractivity contribution in [2.24, 2.45) is 0 Å². The highest BCUT2D eigenvalue weighted by Crippen LogP contribution is 2.18. The quantitative estimate of drug-likeness (QED) is 0.701. The number of aromatic nitrogens is 1. The van der Waals surface area contributed by atoms with Gasteiger partial charge in [0, 0.05) is 23.8 Å². The highest BCUT2D eigenvalue weighted by molar-refractivity contribution is 6.30. The lowest BCUT2D eigenvalue weighted by Gasteiger charge is -2.31. The number of rotatable bonds is 2. The average molecular weight is 213 g/mol. The van der Waals surface area contributed by atoms with Gasteiger partial charge in [0.15, 0.2) is 0 Å². The smallest absolute Gasteiger partial charge is 0.133 e. The van der Waals surface area contributed by atoms with Crippen molar-refractivity contribution in [1.82, 2.24) is 9.88 Å². The third kappa shape index (κ3) is 2.96. The number of pyridine rings is 1. The average Bonchev–Trinajstić information content (AvgIpc) is 2.07. The number of hydrogen-bond acceptors (Lipinski definition) is 2. The van der Waals surface area contributed by atoms with E-state index < -0.39 is 0 Å². The fourth-order valence-electron chi connectivity index (χ4n) is 1.03. The van der Waals surface area contributed by atoms with Crippen LogP contribution in [0.2, 0.25) is 5.15 Å². The summed E-state index contributed by atoms with van der Waals surface area (Å²) < 4.78 is 0. The standard InChI is InChI=1S/C11H17ClN2/c1-11(2,3)14(4)8-9-6-5-7-13-10(9)12/h5-7H,8H2,1-4H3. The van der Waals surface area contributed by atoms with Crippen LogP contribution in [-0.4, -0.2) is 22.5 Å². The molecule has 1 aromatic heterocycles. The Morgan fingerprint density at radius 3 is 2.57 bits per heavy atom. The van der Waals surface area contributed by atoms with E-state index in [4.69, 9.17) is 11.6 Å². The molecule has 0 spiro atoms. The van der Waals surface area contributed by atoms with Crippen LogP contribution >= 0.6 is 11.6 Å². The van der Waals surface area contributed by atoms with Crippen molar-refractivity contribution < 1.29 is 0 Å². The summed E-state index contributed by atoms with van der Waals surface area (Å²) in [6.45, 7) is 7.36. The topological polar surface area (TPSA) is 16.1 Å². The zero-order chi connectivity index (χ0) is 10.8. The molecule has 0 aliphatic rings. The van der Waals surface area contributed by atoms with E-state index in [-0.39, 0.29) is 5.54 Å². The molecule has 3 heteroatoms. The Bertz CT molecular complexity index is 304. The molecular weight excluding hydrogens is 196 g/mol. The van der Waals surface area contributed by atoms with E-state index >= 15 is 0 Å². The first-order chi connectivity index (χ1) is 6.41. The van der Waals surface area contributed by atoms with Crippen LogP contribution < -0.4 is 0 Å². The number of hydrogen-bond donors (Lipinski definition) is 0. The van der Waals surface area contributed by atoms with E-state index in [9.17, 15) is 0 Å². The largest absolute Gasteiger partial charge is 0.297 e. The van der Waals surface area contributed by atoms with Gasteiger partial charge < -0.3 is 0 Å². The van der Waals surface area contributed by atoms with E-state index in [1.165, 1.54) is 0 Å². The molecule has 1 heterocycles. The molecule has 2 nitrogen and oxygen atoms in total. The summed E-state index contributed by atoms with van der Waals surface area (Å²) in [6.07, 6.45) is 1.71. The molecule has 0 aromatic carbocycles. The molecular formula is C11H17ClN2. The van der Waals surface area contributed by atoms with E-state index in [0.29, 0.717) is 5.15 Å². The summed E-state index contributed by atoms with van der Waals surface area (Å²) in [5, 5.41) is 0.601. The fourth-order valence-corrected chi connectivity index (χ4v) is 1.21. The summed E-state index contributed by atoms with van der Waals surface area (Å²) in [6, 6.07) is 3.93. The minimum absolute atomic E-state index is 0.152. The van der Waals surface area contributed by atoms with Crippen molar-refractivity contribution in [3.05, 3.63) is 29.0 Å². The van der Waals surface area contributed by atoms with Crippen LogP contribution in [0, 0.1) is 0 Å². The molecule has 14 heavy (non-hydrogen) atoms. The third-order valence-electron chi connectivity index (χ3n) is 2.39. The second-order valence-electron chi connectivity index (χ2n) is 4.48. The molecule has 0 saturated heterocycles.